The lowest BCUT2D eigenvalue weighted by atomic mass is 10.0. The van der Waals surface area contributed by atoms with Crippen LogP contribution in [0.2, 0.25) is 0 Å². The normalized spacial score (nSPS) is 20.4. The van der Waals surface area contributed by atoms with E-state index in [0.717, 1.165) is 22.0 Å². The summed E-state index contributed by atoms with van der Waals surface area (Å²) in [6.45, 7) is 2.03. The van der Waals surface area contributed by atoms with Crippen LogP contribution in [-0.4, -0.2) is 48.8 Å². The Labute approximate surface area is 130 Å². The number of aromatic nitrogens is 1. The van der Waals surface area contributed by atoms with Crippen LogP contribution in [0, 0.1) is 6.92 Å². The summed E-state index contributed by atoms with van der Waals surface area (Å²) in [5, 5.41) is 1.09. The maximum absolute atomic E-state index is 12.5. The summed E-state index contributed by atoms with van der Waals surface area (Å²) in [5.74, 6) is 0.232. The number of carbonyl (C=O) groups excluding carboxylic acids is 1. The second-order valence-corrected chi connectivity index (χ2v) is 8.28. The molecule has 1 aliphatic heterocycles. The summed E-state index contributed by atoms with van der Waals surface area (Å²) in [5.41, 5.74) is 3.12. The molecule has 1 N–H and O–H groups in total. The fourth-order valence-corrected chi connectivity index (χ4v) is 4.94. The number of sulfone groups is 1. The minimum absolute atomic E-state index is 0.0359. The van der Waals surface area contributed by atoms with Crippen LogP contribution in [0.4, 0.5) is 0 Å². The van der Waals surface area contributed by atoms with Gasteiger partial charge in [0.15, 0.2) is 9.84 Å². The van der Waals surface area contributed by atoms with Crippen molar-refractivity contribution in [2.75, 3.05) is 18.6 Å². The molecule has 1 atom stereocenters. The molecule has 5 nitrogen and oxygen atoms in total. The van der Waals surface area contributed by atoms with E-state index in [2.05, 4.69) is 4.98 Å². The van der Waals surface area contributed by atoms with E-state index in [1.165, 1.54) is 0 Å². The molecule has 0 spiro atoms. The first kappa shape index (κ1) is 15.1. The second-order valence-electron chi connectivity index (χ2n) is 6.05. The lowest BCUT2D eigenvalue weighted by Crippen LogP contribution is -2.38. The Bertz CT molecular complexity index is 823. The number of carbonyl (C=O) groups is 1. The molecule has 1 amide bonds. The zero-order valence-electron chi connectivity index (χ0n) is 12.8. The summed E-state index contributed by atoms with van der Waals surface area (Å²) in [6.07, 6.45) is 2.70. The van der Waals surface area contributed by atoms with Crippen molar-refractivity contribution in [3.8, 4) is 0 Å². The first-order chi connectivity index (χ1) is 10.4. The average molecular weight is 320 g/mol. The Hall–Kier alpha value is -1.82. The molecule has 0 saturated carbocycles. The molecular weight excluding hydrogens is 300 g/mol. The Morgan fingerprint density at radius 1 is 1.41 bits per heavy atom. The van der Waals surface area contributed by atoms with E-state index >= 15 is 0 Å². The van der Waals surface area contributed by atoms with Gasteiger partial charge in [-0.2, -0.15) is 0 Å². The van der Waals surface area contributed by atoms with Crippen LogP contribution in [0.5, 0.6) is 0 Å². The topological polar surface area (TPSA) is 70.2 Å². The molecule has 2 aromatic rings. The van der Waals surface area contributed by atoms with E-state index < -0.39 is 9.84 Å². The predicted molar refractivity (Wildman–Crippen MR) is 86.6 cm³/mol. The highest BCUT2D eigenvalue weighted by Crippen LogP contribution is 2.24. The van der Waals surface area contributed by atoms with Gasteiger partial charge in [-0.3, -0.25) is 4.79 Å². The van der Waals surface area contributed by atoms with E-state index in [1.807, 2.05) is 31.3 Å². The van der Waals surface area contributed by atoms with Crippen molar-refractivity contribution >= 4 is 26.6 Å². The Morgan fingerprint density at radius 3 is 2.86 bits per heavy atom. The van der Waals surface area contributed by atoms with Crippen molar-refractivity contribution in [2.45, 2.75) is 25.8 Å². The second kappa shape index (κ2) is 5.43. The molecule has 1 aromatic heterocycles. The highest BCUT2D eigenvalue weighted by molar-refractivity contribution is 7.91. The first-order valence-corrected chi connectivity index (χ1v) is 9.21. The van der Waals surface area contributed by atoms with Crippen molar-refractivity contribution in [1.29, 1.82) is 0 Å². The molecule has 118 valence electrons. The number of rotatable bonds is 3. The van der Waals surface area contributed by atoms with Gasteiger partial charge >= 0.3 is 0 Å². The molecule has 1 fully saturated rings. The first-order valence-electron chi connectivity index (χ1n) is 7.39. The number of fused-ring (bicyclic) bond motifs is 1. The zero-order chi connectivity index (χ0) is 15.9. The van der Waals surface area contributed by atoms with Gasteiger partial charge in [0.1, 0.15) is 0 Å². The van der Waals surface area contributed by atoms with Gasteiger partial charge in [0.25, 0.3) is 0 Å². The van der Waals surface area contributed by atoms with Crippen LogP contribution < -0.4 is 0 Å². The third-order valence-electron chi connectivity index (χ3n) is 4.49. The van der Waals surface area contributed by atoms with Gasteiger partial charge in [-0.15, -0.1) is 0 Å². The minimum Gasteiger partial charge on any atom is -0.361 e. The number of hydrogen-bond donors (Lipinski definition) is 1. The molecule has 3 rings (SSSR count). The molecular formula is C16H20N2O3S. The molecule has 1 saturated heterocycles. The monoisotopic (exact) mass is 320 g/mol. The Balaban J connectivity index is 1.79. The van der Waals surface area contributed by atoms with Gasteiger partial charge in [-0.1, -0.05) is 12.1 Å². The molecule has 0 bridgehead atoms. The van der Waals surface area contributed by atoms with Crippen LogP contribution in [-0.2, 0) is 21.1 Å². The highest BCUT2D eigenvalue weighted by atomic mass is 32.2. The fourth-order valence-electron chi connectivity index (χ4n) is 3.16. The molecule has 0 radical (unpaired) electrons. The molecule has 6 heteroatoms. The van der Waals surface area contributed by atoms with Crippen LogP contribution in [0.3, 0.4) is 0 Å². The lowest BCUT2D eigenvalue weighted by molar-refractivity contribution is -0.130. The van der Waals surface area contributed by atoms with Crippen molar-refractivity contribution in [3.05, 3.63) is 35.5 Å². The Morgan fingerprint density at radius 2 is 2.18 bits per heavy atom. The van der Waals surface area contributed by atoms with Crippen molar-refractivity contribution in [3.63, 3.8) is 0 Å². The fraction of sp³-hybridized carbons (Fsp3) is 0.438. The van der Waals surface area contributed by atoms with Crippen molar-refractivity contribution in [1.82, 2.24) is 9.88 Å². The lowest BCUT2D eigenvalue weighted by Gasteiger charge is -2.23. The molecule has 0 aliphatic carbocycles. The molecule has 1 aliphatic rings. The molecule has 1 aromatic carbocycles. The number of likely N-dealkylation sites (N-methyl/N-ethyl adjacent to an activating group) is 1. The number of benzene rings is 1. The Kier molecular flexibility index (Phi) is 3.72. The predicted octanol–water partition coefficient (Wildman–Crippen LogP) is 1.66. The van der Waals surface area contributed by atoms with Gasteiger partial charge in [0.05, 0.1) is 17.9 Å². The quantitative estimate of drug-likeness (QED) is 0.935. The maximum atomic E-state index is 12.5. The van der Waals surface area contributed by atoms with Gasteiger partial charge in [0.2, 0.25) is 5.91 Å². The maximum Gasteiger partial charge on any atom is 0.227 e. The zero-order valence-corrected chi connectivity index (χ0v) is 13.6. The number of aromatic amines is 1. The third kappa shape index (κ3) is 2.75. The summed E-state index contributed by atoms with van der Waals surface area (Å²) >= 11 is 0. The summed E-state index contributed by atoms with van der Waals surface area (Å²) in [7, 11) is -1.27. The van der Waals surface area contributed by atoms with Gasteiger partial charge in [-0.25, -0.2) is 8.42 Å². The van der Waals surface area contributed by atoms with Crippen LogP contribution >= 0.6 is 0 Å². The summed E-state index contributed by atoms with van der Waals surface area (Å²) < 4.78 is 23.1. The number of nitrogens with zero attached hydrogens (tertiary/aromatic N) is 1. The SMILES string of the molecule is Cc1cccc2[nH]cc(CC(=O)N(C)C3CCS(=O)(=O)C3)c12. The van der Waals surface area contributed by atoms with Crippen LogP contribution in [0.25, 0.3) is 10.9 Å². The number of aryl methyl sites for hydroxylation is 1. The number of nitrogens with one attached hydrogen (secondary N) is 1. The van der Waals surface area contributed by atoms with Gasteiger partial charge in [0, 0.05) is 30.2 Å². The summed E-state index contributed by atoms with van der Waals surface area (Å²) in [6, 6.07) is 5.81. The number of amides is 1. The van der Waals surface area contributed by atoms with Gasteiger partial charge in [-0.05, 0) is 30.5 Å². The largest absolute Gasteiger partial charge is 0.361 e. The minimum atomic E-state index is -2.98. The van der Waals surface area contributed by atoms with E-state index in [1.54, 1.807) is 11.9 Å². The van der Waals surface area contributed by atoms with E-state index in [4.69, 9.17) is 0 Å². The molecule has 2 heterocycles. The van der Waals surface area contributed by atoms with E-state index in [0.29, 0.717) is 6.42 Å². The average Bonchev–Trinajstić information content (AvgIpc) is 3.02. The third-order valence-corrected chi connectivity index (χ3v) is 6.24. The standard InChI is InChI=1S/C16H20N2O3S/c1-11-4-3-5-14-16(11)12(9-17-14)8-15(19)18(2)13-6-7-22(20,21)10-13/h3-5,9,13,17H,6-8,10H2,1-2H3. The highest BCUT2D eigenvalue weighted by Gasteiger charge is 2.32. The van der Waals surface area contributed by atoms with Crippen molar-refractivity contribution < 1.29 is 13.2 Å². The molecule has 1 unspecified atom stereocenters. The van der Waals surface area contributed by atoms with Crippen molar-refractivity contribution in [2.24, 2.45) is 0 Å². The van der Waals surface area contributed by atoms with E-state index in [9.17, 15) is 13.2 Å². The van der Waals surface area contributed by atoms with Crippen LogP contribution in [0.1, 0.15) is 17.5 Å². The number of H-pyrrole nitrogens is 1. The van der Waals surface area contributed by atoms with E-state index in [-0.39, 0.29) is 29.9 Å². The smallest absolute Gasteiger partial charge is 0.227 e. The molecule has 22 heavy (non-hydrogen) atoms. The van der Waals surface area contributed by atoms with Crippen LogP contribution in [0.15, 0.2) is 24.4 Å². The number of hydrogen-bond acceptors (Lipinski definition) is 3. The summed E-state index contributed by atoms with van der Waals surface area (Å²) in [4.78, 5) is 17.3. The van der Waals surface area contributed by atoms with Gasteiger partial charge < -0.3 is 9.88 Å².